The molecule has 1 aromatic heterocycles. The van der Waals surface area contributed by atoms with Gasteiger partial charge in [-0.3, -0.25) is 0 Å². The number of aliphatic hydroxyl groups is 1. The number of rotatable bonds is 8. The van der Waals surface area contributed by atoms with Crippen molar-refractivity contribution in [2.75, 3.05) is 0 Å². The quantitative estimate of drug-likeness (QED) is 0.507. The average Bonchev–Trinajstić information content (AvgIpc) is 3.12. The number of benzene rings is 2. The molecule has 137 valence electrons. The van der Waals surface area contributed by atoms with Gasteiger partial charge in [0.25, 0.3) is 0 Å². The molecule has 0 saturated carbocycles. The van der Waals surface area contributed by atoms with Gasteiger partial charge in [-0.15, -0.1) is 0 Å². The molecule has 2 nitrogen and oxygen atoms in total. The van der Waals surface area contributed by atoms with Gasteiger partial charge in [0.1, 0.15) is 0 Å². The molecule has 2 heteroatoms. The second-order valence-electron chi connectivity index (χ2n) is 7.34. The van der Waals surface area contributed by atoms with Crippen molar-refractivity contribution in [3.8, 4) is 0 Å². The third kappa shape index (κ3) is 4.02. The Morgan fingerprint density at radius 3 is 2.35 bits per heavy atom. The number of aromatic nitrogens is 1. The minimum absolute atomic E-state index is 0.151. The fourth-order valence-electron chi connectivity index (χ4n) is 3.98. The van der Waals surface area contributed by atoms with Gasteiger partial charge in [-0.05, 0) is 53.7 Å². The summed E-state index contributed by atoms with van der Waals surface area (Å²) in [5.41, 5.74) is 3.34. The maximum atomic E-state index is 11.3. The third-order valence-corrected chi connectivity index (χ3v) is 5.67. The van der Waals surface area contributed by atoms with Gasteiger partial charge >= 0.3 is 0 Å². The normalized spacial score (nSPS) is 15.3. The van der Waals surface area contributed by atoms with Gasteiger partial charge in [-0.25, -0.2) is 0 Å². The Balaban J connectivity index is 1.90. The van der Waals surface area contributed by atoms with E-state index in [2.05, 4.69) is 74.3 Å². The smallest absolute Gasteiger partial charge is 0.0974 e. The summed E-state index contributed by atoms with van der Waals surface area (Å²) in [5.74, 6) is 2.00. The second-order valence-corrected chi connectivity index (χ2v) is 7.34. The Bertz CT molecular complexity index is 774. The zero-order chi connectivity index (χ0) is 18.5. The average molecular weight is 349 g/mol. The Kier molecular flexibility index (Phi) is 6.16. The molecule has 0 saturated heterocycles. The standard InChI is InChI=1S/C24H30NO/c1-4-17(3)23(19(5-2)15-18-11-7-6-8-12-18)24(26)22-16-20-13-9-10-14-21(20)25-22/h6-14,16-17,23-26H,4-5,15H2,1-3H3. The molecule has 26 heavy (non-hydrogen) atoms. The molecule has 0 aliphatic rings. The van der Waals surface area contributed by atoms with E-state index in [1.54, 1.807) is 0 Å². The van der Waals surface area contributed by atoms with Crippen LogP contribution in [0.1, 0.15) is 51.0 Å². The van der Waals surface area contributed by atoms with Crippen LogP contribution < -0.4 is 0 Å². The molecule has 0 amide bonds. The fourth-order valence-corrected chi connectivity index (χ4v) is 3.98. The molecule has 2 aromatic carbocycles. The van der Waals surface area contributed by atoms with Crippen molar-refractivity contribution in [1.29, 1.82) is 0 Å². The summed E-state index contributed by atoms with van der Waals surface area (Å²) in [6, 6.07) is 20.9. The monoisotopic (exact) mass is 348 g/mol. The molecule has 0 bridgehead atoms. The summed E-state index contributed by atoms with van der Waals surface area (Å²) in [6.07, 6.45) is 2.47. The van der Waals surface area contributed by atoms with Crippen molar-refractivity contribution in [1.82, 2.24) is 4.98 Å². The van der Waals surface area contributed by atoms with Gasteiger partial charge in [0, 0.05) is 11.2 Å². The van der Waals surface area contributed by atoms with E-state index in [0.717, 1.165) is 35.9 Å². The first kappa shape index (κ1) is 18.7. The van der Waals surface area contributed by atoms with E-state index in [1.807, 2.05) is 12.1 Å². The highest BCUT2D eigenvalue weighted by molar-refractivity contribution is 5.80. The van der Waals surface area contributed by atoms with Gasteiger partial charge < -0.3 is 10.1 Å². The fraction of sp³-hybridized carbons (Fsp3) is 0.375. The predicted molar refractivity (Wildman–Crippen MR) is 110 cm³/mol. The second kappa shape index (κ2) is 8.55. The van der Waals surface area contributed by atoms with Crippen molar-refractivity contribution in [2.45, 2.75) is 46.1 Å². The van der Waals surface area contributed by atoms with Crippen LogP contribution in [0.2, 0.25) is 0 Å². The topological polar surface area (TPSA) is 36.0 Å². The molecular weight excluding hydrogens is 318 g/mol. The lowest BCUT2D eigenvalue weighted by molar-refractivity contribution is 0.0760. The van der Waals surface area contributed by atoms with Crippen LogP contribution in [0, 0.1) is 17.8 Å². The number of H-pyrrole nitrogens is 1. The van der Waals surface area contributed by atoms with E-state index >= 15 is 0 Å². The molecule has 3 rings (SSSR count). The molecule has 1 heterocycles. The summed E-state index contributed by atoms with van der Waals surface area (Å²) in [7, 11) is 0. The zero-order valence-corrected chi connectivity index (χ0v) is 16.1. The van der Waals surface area contributed by atoms with Gasteiger partial charge in [0.2, 0.25) is 0 Å². The van der Waals surface area contributed by atoms with Crippen LogP contribution in [0.15, 0.2) is 60.7 Å². The number of hydrogen-bond donors (Lipinski definition) is 2. The minimum Gasteiger partial charge on any atom is -0.387 e. The number of aliphatic hydroxyl groups excluding tert-OH is 1. The van der Waals surface area contributed by atoms with E-state index in [4.69, 9.17) is 0 Å². The Morgan fingerprint density at radius 1 is 1.00 bits per heavy atom. The number of nitrogens with one attached hydrogen (secondary N) is 1. The van der Waals surface area contributed by atoms with Crippen LogP contribution in [-0.2, 0) is 6.42 Å². The van der Waals surface area contributed by atoms with E-state index in [-0.39, 0.29) is 5.92 Å². The van der Waals surface area contributed by atoms with Crippen LogP contribution >= 0.6 is 0 Å². The summed E-state index contributed by atoms with van der Waals surface area (Å²) in [6.45, 7) is 6.69. The van der Waals surface area contributed by atoms with Crippen molar-refractivity contribution < 1.29 is 5.11 Å². The van der Waals surface area contributed by atoms with E-state index in [1.165, 1.54) is 11.5 Å². The molecule has 2 N–H and O–H groups in total. The lowest BCUT2D eigenvalue weighted by Gasteiger charge is -2.34. The zero-order valence-electron chi connectivity index (χ0n) is 16.1. The first-order valence-corrected chi connectivity index (χ1v) is 9.78. The molecule has 3 aromatic rings. The first-order valence-electron chi connectivity index (χ1n) is 9.78. The van der Waals surface area contributed by atoms with Gasteiger partial charge in [0.15, 0.2) is 0 Å². The molecular formula is C24H30NO. The van der Waals surface area contributed by atoms with Crippen LogP contribution in [0.4, 0.5) is 0 Å². The lowest BCUT2D eigenvalue weighted by atomic mass is 9.73. The molecule has 0 fully saturated rings. The Labute approximate surface area is 157 Å². The number of fused-ring (bicyclic) bond motifs is 1. The SMILES string of the molecule is CC[C](Cc1ccccc1)C(C(C)CC)C(O)c1cc2ccccc2[nH]1. The highest BCUT2D eigenvalue weighted by atomic mass is 16.3. The maximum absolute atomic E-state index is 11.3. The minimum atomic E-state index is -0.504. The molecule has 1 radical (unpaired) electrons. The lowest BCUT2D eigenvalue weighted by Crippen LogP contribution is -2.28. The Morgan fingerprint density at radius 2 is 1.69 bits per heavy atom. The van der Waals surface area contributed by atoms with Gasteiger partial charge in [-0.2, -0.15) is 0 Å². The van der Waals surface area contributed by atoms with Crippen molar-refractivity contribution in [3.63, 3.8) is 0 Å². The molecule has 3 unspecified atom stereocenters. The number of hydrogen-bond acceptors (Lipinski definition) is 1. The Hall–Kier alpha value is -2.06. The highest BCUT2D eigenvalue weighted by Gasteiger charge is 2.33. The predicted octanol–water partition coefficient (Wildman–Crippen LogP) is 6.09. The van der Waals surface area contributed by atoms with Crippen molar-refractivity contribution >= 4 is 10.9 Å². The van der Waals surface area contributed by atoms with Crippen LogP contribution in [-0.4, -0.2) is 10.1 Å². The van der Waals surface area contributed by atoms with Crippen LogP contribution in [0.3, 0.4) is 0 Å². The van der Waals surface area contributed by atoms with E-state index in [9.17, 15) is 5.11 Å². The summed E-state index contributed by atoms with van der Waals surface area (Å²) in [5, 5.41) is 12.5. The van der Waals surface area contributed by atoms with Crippen LogP contribution in [0.5, 0.6) is 0 Å². The van der Waals surface area contributed by atoms with Crippen molar-refractivity contribution in [3.05, 3.63) is 77.8 Å². The molecule has 0 aliphatic heterocycles. The molecule has 3 atom stereocenters. The number of aromatic amines is 1. The highest BCUT2D eigenvalue weighted by Crippen LogP contribution is 2.40. The van der Waals surface area contributed by atoms with Crippen LogP contribution in [0.25, 0.3) is 10.9 Å². The summed E-state index contributed by atoms with van der Waals surface area (Å²) >= 11 is 0. The van der Waals surface area contributed by atoms with Crippen molar-refractivity contribution in [2.24, 2.45) is 11.8 Å². The van der Waals surface area contributed by atoms with Gasteiger partial charge in [0.05, 0.1) is 6.10 Å². The van der Waals surface area contributed by atoms with Gasteiger partial charge in [-0.1, -0.05) is 75.7 Å². The number of para-hydroxylation sites is 1. The summed E-state index contributed by atoms with van der Waals surface area (Å²) in [4.78, 5) is 3.43. The molecule has 0 spiro atoms. The third-order valence-electron chi connectivity index (χ3n) is 5.67. The summed E-state index contributed by atoms with van der Waals surface area (Å²) < 4.78 is 0. The van der Waals surface area contributed by atoms with E-state index < -0.39 is 6.10 Å². The first-order chi connectivity index (χ1) is 12.6. The largest absolute Gasteiger partial charge is 0.387 e. The molecule has 0 aliphatic carbocycles. The maximum Gasteiger partial charge on any atom is 0.0974 e. The van der Waals surface area contributed by atoms with E-state index in [0.29, 0.717) is 5.92 Å².